The monoisotopic (exact) mass is 399 g/mol. The lowest BCUT2D eigenvalue weighted by molar-refractivity contribution is -0.384. The summed E-state index contributed by atoms with van der Waals surface area (Å²) >= 11 is 0. The molecule has 0 radical (unpaired) electrons. The third-order valence-corrected chi connectivity index (χ3v) is 5.45. The lowest BCUT2D eigenvalue weighted by Gasteiger charge is -2.29. The minimum absolute atomic E-state index is 0.140. The first-order valence-corrected chi connectivity index (χ1v) is 9.87. The van der Waals surface area contributed by atoms with Crippen molar-refractivity contribution in [1.29, 1.82) is 0 Å². The zero-order valence-corrected chi connectivity index (χ0v) is 17.3. The Kier molecular flexibility index (Phi) is 7.06. The van der Waals surface area contributed by atoms with E-state index in [1.165, 1.54) is 18.4 Å². The second kappa shape index (κ2) is 9.71. The van der Waals surface area contributed by atoms with Crippen molar-refractivity contribution in [3.8, 4) is 11.5 Å². The van der Waals surface area contributed by atoms with E-state index in [0.29, 0.717) is 6.04 Å². The first-order valence-electron chi connectivity index (χ1n) is 9.87. The molecule has 1 atom stereocenters. The zero-order chi connectivity index (χ0) is 20.8. The van der Waals surface area contributed by atoms with Gasteiger partial charge in [-0.2, -0.15) is 0 Å². The van der Waals surface area contributed by atoms with Gasteiger partial charge in [-0.15, -0.1) is 0 Å². The van der Waals surface area contributed by atoms with E-state index in [1.807, 2.05) is 24.3 Å². The van der Waals surface area contributed by atoms with Crippen molar-refractivity contribution in [2.45, 2.75) is 32.0 Å². The van der Waals surface area contributed by atoms with Gasteiger partial charge >= 0.3 is 0 Å². The fraction of sp³-hybridized carbons (Fsp3) is 0.455. The van der Waals surface area contributed by atoms with Crippen molar-refractivity contribution in [2.75, 3.05) is 34.4 Å². The molecular formula is C22H29N3O4. The van der Waals surface area contributed by atoms with Crippen molar-refractivity contribution in [1.82, 2.24) is 9.80 Å². The maximum absolute atomic E-state index is 10.8. The van der Waals surface area contributed by atoms with E-state index in [2.05, 4.69) is 22.9 Å². The van der Waals surface area contributed by atoms with Crippen LogP contribution in [0.3, 0.4) is 0 Å². The van der Waals surface area contributed by atoms with E-state index < -0.39 is 0 Å². The van der Waals surface area contributed by atoms with Crippen molar-refractivity contribution in [3.63, 3.8) is 0 Å². The van der Waals surface area contributed by atoms with Gasteiger partial charge in [0.25, 0.3) is 5.69 Å². The zero-order valence-electron chi connectivity index (χ0n) is 17.3. The predicted octanol–water partition coefficient (Wildman–Crippen LogP) is 3.71. The number of nitro benzene ring substituents is 1. The molecule has 29 heavy (non-hydrogen) atoms. The number of ether oxygens (including phenoxy) is 2. The number of non-ortho nitro benzene ring substituents is 1. The number of methoxy groups -OCH3 is 2. The molecule has 1 unspecified atom stereocenters. The molecule has 1 aliphatic heterocycles. The number of likely N-dealkylation sites (N-methyl/N-ethyl adjacent to an activating group) is 1. The first-order chi connectivity index (χ1) is 14.0. The molecule has 3 rings (SSSR count). The molecule has 0 aromatic heterocycles. The number of nitro groups is 1. The van der Waals surface area contributed by atoms with Gasteiger partial charge in [-0.3, -0.25) is 15.0 Å². The average molecular weight is 399 g/mol. The summed E-state index contributed by atoms with van der Waals surface area (Å²) in [6, 6.07) is 13.4. The van der Waals surface area contributed by atoms with E-state index in [-0.39, 0.29) is 10.6 Å². The van der Waals surface area contributed by atoms with E-state index in [9.17, 15) is 10.1 Å². The van der Waals surface area contributed by atoms with Crippen LogP contribution in [0.2, 0.25) is 0 Å². The van der Waals surface area contributed by atoms with Crippen LogP contribution in [0.5, 0.6) is 11.5 Å². The van der Waals surface area contributed by atoms with Crippen LogP contribution in [0.25, 0.3) is 0 Å². The third-order valence-electron chi connectivity index (χ3n) is 5.45. The summed E-state index contributed by atoms with van der Waals surface area (Å²) in [5.74, 6) is 1.49. The van der Waals surface area contributed by atoms with Crippen LogP contribution >= 0.6 is 0 Å². The van der Waals surface area contributed by atoms with Crippen LogP contribution < -0.4 is 9.47 Å². The van der Waals surface area contributed by atoms with E-state index in [1.54, 1.807) is 26.4 Å². The maximum atomic E-state index is 10.8. The number of benzene rings is 2. The van der Waals surface area contributed by atoms with Gasteiger partial charge in [0.1, 0.15) is 0 Å². The van der Waals surface area contributed by atoms with Crippen molar-refractivity contribution in [2.24, 2.45) is 0 Å². The minimum Gasteiger partial charge on any atom is -0.493 e. The van der Waals surface area contributed by atoms with Gasteiger partial charge in [0, 0.05) is 37.8 Å². The number of hydrogen-bond donors (Lipinski definition) is 0. The summed E-state index contributed by atoms with van der Waals surface area (Å²) < 4.78 is 10.7. The maximum Gasteiger partial charge on any atom is 0.269 e. The molecule has 1 fully saturated rings. The molecule has 7 heteroatoms. The fourth-order valence-corrected chi connectivity index (χ4v) is 3.98. The second-order valence-electron chi connectivity index (χ2n) is 7.58. The largest absolute Gasteiger partial charge is 0.493 e. The Labute approximate surface area is 172 Å². The quantitative estimate of drug-likeness (QED) is 0.473. The summed E-state index contributed by atoms with van der Waals surface area (Å²) in [7, 11) is 5.43. The Morgan fingerprint density at radius 2 is 1.79 bits per heavy atom. The molecule has 1 heterocycles. The molecule has 1 aliphatic rings. The average Bonchev–Trinajstić information content (AvgIpc) is 3.14. The normalized spacial score (nSPS) is 16.9. The van der Waals surface area contributed by atoms with Gasteiger partial charge in [-0.1, -0.05) is 18.2 Å². The first kappa shape index (κ1) is 21.1. The number of likely N-dealkylation sites (tertiary alicyclic amines) is 1. The van der Waals surface area contributed by atoms with Crippen molar-refractivity contribution >= 4 is 5.69 Å². The summed E-state index contributed by atoms with van der Waals surface area (Å²) in [5, 5.41) is 10.8. The molecule has 0 N–H and O–H groups in total. The topological polar surface area (TPSA) is 68.1 Å². The van der Waals surface area contributed by atoms with Crippen LogP contribution in [0, 0.1) is 10.1 Å². The van der Waals surface area contributed by atoms with Gasteiger partial charge in [0.05, 0.1) is 19.1 Å². The Morgan fingerprint density at radius 3 is 2.45 bits per heavy atom. The van der Waals surface area contributed by atoms with E-state index in [4.69, 9.17) is 9.47 Å². The molecule has 1 saturated heterocycles. The smallest absolute Gasteiger partial charge is 0.269 e. The lowest BCUT2D eigenvalue weighted by atomic mass is 10.1. The van der Waals surface area contributed by atoms with Crippen LogP contribution in [-0.4, -0.2) is 55.1 Å². The standard InChI is InChI=1S/C22H29N3O4/c1-23(14-18-8-11-21(28-2)22(13-18)29-3)16-20-5-4-12-24(20)15-17-6-9-19(10-7-17)25(26)27/h6-11,13,20H,4-5,12,14-16H2,1-3H3. The predicted molar refractivity (Wildman–Crippen MR) is 112 cm³/mol. The van der Waals surface area contributed by atoms with Gasteiger partial charge < -0.3 is 14.4 Å². The number of nitrogens with zero attached hydrogens (tertiary/aromatic N) is 3. The SMILES string of the molecule is COc1ccc(CN(C)CC2CCCN2Cc2ccc([N+](=O)[O-])cc2)cc1OC. The summed E-state index contributed by atoms with van der Waals surface area (Å²) in [6.07, 6.45) is 2.35. The lowest BCUT2D eigenvalue weighted by Crippen LogP contribution is -2.38. The highest BCUT2D eigenvalue weighted by atomic mass is 16.6. The highest BCUT2D eigenvalue weighted by Gasteiger charge is 2.25. The van der Waals surface area contributed by atoms with Gasteiger partial charge in [-0.05, 0) is 49.7 Å². The Bertz CT molecular complexity index is 825. The van der Waals surface area contributed by atoms with Gasteiger partial charge in [0.15, 0.2) is 11.5 Å². The molecule has 0 bridgehead atoms. The van der Waals surface area contributed by atoms with Gasteiger partial charge in [-0.25, -0.2) is 0 Å². The second-order valence-corrected chi connectivity index (χ2v) is 7.58. The van der Waals surface area contributed by atoms with E-state index in [0.717, 1.165) is 43.2 Å². The molecule has 0 amide bonds. The summed E-state index contributed by atoms with van der Waals surface area (Å²) in [4.78, 5) is 15.3. The summed E-state index contributed by atoms with van der Waals surface area (Å²) in [6.45, 7) is 3.70. The molecule has 7 nitrogen and oxygen atoms in total. The highest BCUT2D eigenvalue weighted by molar-refractivity contribution is 5.42. The molecule has 0 saturated carbocycles. The Hall–Kier alpha value is -2.64. The molecule has 0 aliphatic carbocycles. The molecular weight excluding hydrogens is 370 g/mol. The number of hydrogen-bond acceptors (Lipinski definition) is 6. The Morgan fingerprint density at radius 1 is 1.10 bits per heavy atom. The van der Waals surface area contributed by atoms with Crippen molar-refractivity contribution in [3.05, 3.63) is 63.7 Å². The van der Waals surface area contributed by atoms with Crippen LogP contribution in [0.15, 0.2) is 42.5 Å². The Balaban J connectivity index is 1.58. The molecule has 2 aromatic rings. The summed E-state index contributed by atoms with van der Waals surface area (Å²) in [5.41, 5.74) is 2.44. The third kappa shape index (κ3) is 5.46. The minimum atomic E-state index is -0.356. The molecule has 2 aromatic carbocycles. The molecule has 156 valence electrons. The number of rotatable bonds is 9. The van der Waals surface area contributed by atoms with Crippen molar-refractivity contribution < 1.29 is 14.4 Å². The van der Waals surface area contributed by atoms with Gasteiger partial charge in [0.2, 0.25) is 0 Å². The van der Waals surface area contributed by atoms with Crippen LogP contribution in [0.1, 0.15) is 24.0 Å². The highest BCUT2D eigenvalue weighted by Crippen LogP contribution is 2.28. The fourth-order valence-electron chi connectivity index (χ4n) is 3.98. The molecule has 0 spiro atoms. The van der Waals surface area contributed by atoms with E-state index >= 15 is 0 Å². The van der Waals surface area contributed by atoms with Crippen LogP contribution in [-0.2, 0) is 13.1 Å². The van der Waals surface area contributed by atoms with Crippen LogP contribution in [0.4, 0.5) is 5.69 Å².